The number of rotatable bonds is 7. The predicted molar refractivity (Wildman–Crippen MR) is 115 cm³/mol. The number of benzene rings is 1. The lowest BCUT2D eigenvalue weighted by Gasteiger charge is -2.08. The van der Waals surface area contributed by atoms with Gasteiger partial charge < -0.3 is 9.88 Å². The van der Waals surface area contributed by atoms with Gasteiger partial charge in [0.2, 0.25) is 0 Å². The molecule has 0 spiro atoms. The number of hydrogen-bond acceptors (Lipinski definition) is 4. The molecule has 2 aromatic heterocycles. The number of nitrogens with zero attached hydrogens (tertiary/aromatic N) is 5. The molecule has 4 rings (SSSR count). The Kier molecular flexibility index (Phi) is 6.31. The third-order valence-electron chi connectivity index (χ3n) is 5.65. The van der Waals surface area contributed by atoms with E-state index in [-0.39, 0.29) is 0 Å². The van der Waals surface area contributed by atoms with E-state index in [1.165, 1.54) is 30.4 Å². The van der Waals surface area contributed by atoms with Crippen molar-refractivity contribution in [2.75, 3.05) is 6.54 Å². The predicted octanol–water partition coefficient (Wildman–Crippen LogP) is 3.85. The molecule has 29 heavy (non-hydrogen) atoms. The van der Waals surface area contributed by atoms with Crippen molar-refractivity contribution in [3.63, 3.8) is 0 Å². The van der Waals surface area contributed by atoms with Gasteiger partial charge in [-0.3, -0.25) is 0 Å². The fourth-order valence-corrected chi connectivity index (χ4v) is 4.21. The highest BCUT2D eigenvalue weighted by Crippen LogP contribution is 2.21. The molecule has 6 nitrogen and oxygen atoms in total. The van der Waals surface area contributed by atoms with Crippen LogP contribution in [0, 0.1) is 13.8 Å². The van der Waals surface area contributed by atoms with E-state index >= 15 is 0 Å². The number of fused-ring (bicyclic) bond motifs is 1. The van der Waals surface area contributed by atoms with Crippen LogP contribution in [0.25, 0.3) is 0 Å². The van der Waals surface area contributed by atoms with E-state index in [0.717, 1.165) is 48.8 Å². The number of halogens is 1. The first-order valence-corrected chi connectivity index (χ1v) is 10.9. The standard InChI is InChI=1S/C22H29ClN6/c1-16-7-9-18(10-8-16)15-29-22(23)19(17(2)27-29)14-24-12-11-21-26-25-20-6-4-3-5-13-28(20)21/h7-10,24H,3-6,11-15H2,1-2H3. The Morgan fingerprint density at radius 2 is 1.90 bits per heavy atom. The largest absolute Gasteiger partial charge is 0.315 e. The number of hydrogen-bond donors (Lipinski definition) is 1. The average Bonchev–Trinajstić information content (AvgIpc) is 3.10. The molecule has 0 aliphatic carbocycles. The zero-order valence-corrected chi connectivity index (χ0v) is 18.0. The van der Waals surface area contributed by atoms with E-state index in [2.05, 4.69) is 56.4 Å². The van der Waals surface area contributed by atoms with Crippen LogP contribution in [0.2, 0.25) is 5.15 Å². The van der Waals surface area contributed by atoms with Crippen LogP contribution in [0.1, 0.15) is 53.3 Å². The fraction of sp³-hybridized carbons (Fsp3) is 0.500. The van der Waals surface area contributed by atoms with Gasteiger partial charge in [-0.1, -0.05) is 47.9 Å². The summed E-state index contributed by atoms with van der Waals surface area (Å²) in [6.07, 6.45) is 5.66. The summed E-state index contributed by atoms with van der Waals surface area (Å²) in [5.74, 6) is 2.24. The molecule has 0 amide bonds. The number of aryl methyl sites for hydroxylation is 3. The fourth-order valence-electron chi connectivity index (χ4n) is 3.91. The van der Waals surface area contributed by atoms with Gasteiger partial charge in [0.05, 0.1) is 12.2 Å². The van der Waals surface area contributed by atoms with Crippen LogP contribution in [0.15, 0.2) is 24.3 Å². The van der Waals surface area contributed by atoms with E-state index in [9.17, 15) is 0 Å². The Morgan fingerprint density at radius 1 is 1.07 bits per heavy atom. The second-order valence-electron chi connectivity index (χ2n) is 7.92. The molecular weight excluding hydrogens is 384 g/mol. The minimum atomic E-state index is 0.686. The molecule has 0 unspecified atom stereocenters. The first-order chi connectivity index (χ1) is 14.1. The molecule has 1 aromatic carbocycles. The highest BCUT2D eigenvalue weighted by Gasteiger charge is 2.16. The van der Waals surface area contributed by atoms with Crippen molar-refractivity contribution >= 4 is 11.6 Å². The van der Waals surface area contributed by atoms with Crippen molar-refractivity contribution in [1.29, 1.82) is 0 Å². The van der Waals surface area contributed by atoms with Crippen molar-refractivity contribution in [3.8, 4) is 0 Å². The molecule has 0 bridgehead atoms. The van der Waals surface area contributed by atoms with Gasteiger partial charge in [0.15, 0.2) is 0 Å². The maximum atomic E-state index is 6.64. The number of nitrogens with one attached hydrogen (secondary N) is 1. The molecule has 7 heteroatoms. The van der Waals surface area contributed by atoms with E-state index in [1.54, 1.807) is 0 Å². The molecule has 1 aliphatic heterocycles. The summed E-state index contributed by atoms with van der Waals surface area (Å²) in [6.45, 7) is 7.40. The minimum Gasteiger partial charge on any atom is -0.315 e. The molecule has 1 aliphatic rings. The van der Waals surface area contributed by atoms with Gasteiger partial charge in [-0.05, 0) is 32.3 Å². The maximum absolute atomic E-state index is 6.64. The summed E-state index contributed by atoms with van der Waals surface area (Å²) >= 11 is 6.64. The summed E-state index contributed by atoms with van der Waals surface area (Å²) in [7, 11) is 0. The van der Waals surface area contributed by atoms with Crippen molar-refractivity contribution in [3.05, 3.63) is 63.5 Å². The Balaban J connectivity index is 1.34. The third kappa shape index (κ3) is 4.70. The lowest BCUT2D eigenvalue weighted by molar-refractivity contribution is 0.587. The van der Waals surface area contributed by atoms with Crippen molar-refractivity contribution in [2.24, 2.45) is 0 Å². The van der Waals surface area contributed by atoms with Crippen LogP contribution in [0.4, 0.5) is 0 Å². The molecule has 154 valence electrons. The van der Waals surface area contributed by atoms with Crippen molar-refractivity contribution in [1.82, 2.24) is 29.9 Å². The molecule has 3 aromatic rings. The van der Waals surface area contributed by atoms with Gasteiger partial charge in [0.25, 0.3) is 0 Å². The van der Waals surface area contributed by atoms with Crippen LogP contribution in [0.3, 0.4) is 0 Å². The molecule has 0 saturated heterocycles. The SMILES string of the molecule is Cc1ccc(Cn2nc(C)c(CNCCc3nnc4n3CCCCC4)c2Cl)cc1. The van der Waals surface area contributed by atoms with E-state index in [4.69, 9.17) is 11.6 Å². The van der Waals surface area contributed by atoms with Crippen LogP contribution < -0.4 is 5.32 Å². The van der Waals surface area contributed by atoms with Gasteiger partial charge in [-0.15, -0.1) is 10.2 Å². The van der Waals surface area contributed by atoms with Crippen LogP contribution in [-0.4, -0.2) is 31.1 Å². The van der Waals surface area contributed by atoms with E-state index < -0.39 is 0 Å². The van der Waals surface area contributed by atoms with E-state index in [0.29, 0.717) is 18.2 Å². The zero-order chi connectivity index (χ0) is 20.2. The topological polar surface area (TPSA) is 60.6 Å². The first kappa shape index (κ1) is 20.1. The first-order valence-electron chi connectivity index (χ1n) is 10.5. The molecule has 0 radical (unpaired) electrons. The van der Waals surface area contributed by atoms with Gasteiger partial charge in [0, 0.05) is 38.0 Å². The summed E-state index contributed by atoms with van der Waals surface area (Å²) < 4.78 is 4.20. The summed E-state index contributed by atoms with van der Waals surface area (Å²) in [6, 6.07) is 8.49. The van der Waals surface area contributed by atoms with Gasteiger partial charge in [-0.2, -0.15) is 5.10 Å². The highest BCUT2D eigenvalue weighted by atomic mass is 35.5. The summed E-state index contributed by atoms with van der Waals surface area (Å²) in [5.41, 5.74) is 4.50. The van der Waals surface area contributed by atoms with Gasteiger partial charge in [-0.25, -0.2) is 4.68 Å². The molecule has 0 saturated carbocycles. The van der Waals surface area contributed by atoms with Crippen molar-refractivity contribution < 1.29 is 0 Å². The molecular formula is C22H29ClN6. The summed E-state index contributed by atoms with van der Waals surface area (Å²) in [4.78, 5) is 0. The van der Waals surface area contributed by atoms with Gasteiger partial charge >= 0.3 is 0 Å². The Labute approximate surface area is 177 Å². The lowest BCUT2D eigenvalue weighted by atomic mass is 10.1. The normalized spacial score (nSPS) is 14.0. The quantitative estimate of drug-likeness (QED) is 0.599. The number of aromatic nitrogens is 5. The van der Waals surface area contributed by atoms with Gasteiger partial charge in [0.1, 0.15) is 16.8 Å². The van der Waals surface area contributed by atoms with E-state index in [1.807, 2.05) is 11.6 Å². The lowest BCUT2D eigenvalue weighted by Crippen LogP contribution is -2.19. The van der Waals surface area contributed by atoms with Crippen LogP contribution in [0.5, 0.6) is 0 Å². The maximum Gasteiger partial charge on any atom is 0.134 e. The molecule has 1 N–H and O–H groups in total. The second-order valence-corrected chi connectivity index (χ2v) is 8.28. The average molecular weight is 413 g/mol. The molecule has 0 atom stereocenters. The summed E-state index contributed by atoms with van der Waals surface area (Å²) in [5, 5.41) is 17.7. The minimum absolute atomic E-state index is 0.686. The Morgan fingerprint density at radius 3 is 2.72 bits per heavy atom. The third-order valence-corrected chi connectivity index (χ3v) is 6.07. The smallest absolute Gasteiger partial charge is 0.134 e. The molecule has 0 fully saturated rings. The zero-order valence-electron chi connectivity index (χ0n) is 17.3. The van der Waals surface area contributed by atoms with Crippen molar-refractivity contribution in [2.45, 2.75) is 65.6 Å². The second kappa shape index (κ2) is 9.09. The van der Waals surface area contributed by atoms with Crippen LogP contribution >= 0.6 is 11.6 Å². The molecule has 3 heterocycles. The Bertz CT molecular complexity index is 957. The monoisotopic (exact) mass is 412 g/mol. The van der Waals surface area contributed by atoms with Crippen LogP contribution in [-0.2, 0) is 32.5 Å². The Hall–Kier alpha value is -2.18. The highest BCUT2D eigenvalue weighted by molar-refractivity contribution is 6.30.